The minimum Gasteiger partial charge on any atom is -0.387 e. The number of aliphatic hydroxyl groups excluding tert-OH is 1. The third-order valence-electron chi connectivity index (χ3n) is 5.89. The maximum Gasteiger partial charge on any atom is 0.190 e. The monoisotopic (exact) mass is 312 g/mol. The Hall–Kier alpha value is -0.240. The van der Waals surface area contributed by atoms with Crippen molar-refractivity contribution in [3.05, 3.63) is 0 Å². The van der Waals surface area contributed by atoms with Gasteiger partial charge in [0.2, 0.25) is 0 Å². The van der Waals surface area contributed by atoms with E-state index in [0.29, 0.717) is 6.61 Å². The van der Waals surface area contributed by atoms with Crippen molar-refractivity contribution in [1.82, 2.24) is 0 Å². The number of hydrogen-bond donors (Lipinski definition) is 1. The van der Waals surface area contributed by atoms with Crippen LogP contribution < -0.4 is 0 Å². The molecule has 5 atom stereocenters. The molecule has 6 heteroatoms. The number of aliphatic hydroxyl groups is 1. The molecule has 0 radical (unpaired) electrons. The molecule has 5 rings (SSSR count). The molecule has 0 aromatic rings. The number of hydrogen-bond acceptors (Lipinski definition) is 6. The van der Waals surface area contributed by atoms with Crippen LogP contribution in [-0.4, -0.2) is 54.0 Å². The highest BCUT2D eigenvalue weighted by Gasteiger charge is 2.61. The Balaban J connectivity index is 1.27. The lowest BCUT2D eigenvalue weighted by atomic mass is 10.1. The van der Waals surface area contributed by atoms with E-state index in [0.717, 1.165) is 51.4 Å². The summed E-state index contributed by atoms with van der Waals surface area (Å²) in [7, 11) is 0. The zero-order valence-corrected chi connectivity index (χ0v) is 12.7. The molecule has 3 heterocycles. The summed E-state index contributed by atoms with van der Waals surface area (Å²) in [6.07, 6.45) is 5.94. The van der Waals surface area contributed by atoms with Gasteiger partial charge in [-0.25, -0.2) is 0 Å². The Kier molecular flexibility index (Phi) is 3.13. The second kappa shape index (κ2) is 4.88. The van der Waals surface area contributed by atoms with E-state index in [9.17, 15) is 5.11 Å². The van der Waals surface area contributed by atoms with Crippen LogP contribution in [0.5, 0.6) is 0 Å². The molecule has 3 saturated heterocycles. The van der Waals surface area contributed by atoms with E-state index in [1.165, 1.54) is 0 Å². The first-order valence-electron chi connectivity index (χ1n) is 8.70. The molecule has 2 spiro atoms. The summed E-state index contributed by atoms with van der Waals surface area (Å²) >= 11 is 0. The van der Waals surface area contributed by atoms with E-state index in [2.05, 4.69) is 0 Å². The van der Waals surface area contributed by atoms with Crippen LogP contribution in [0.2, 0.25) is 0 Å². The minimum absolute atomic E-state index is 0.231. The van der Waals surface area contributed by atoms with Crippen molar-refractivity contribution in [2.24, 2.45) is 0 Å². The van der Waals surface area contributed by atoms with Crippen molar-refractivity contribution in [1.29, 1.82) is 0 Å². The first-order chi connectivity index (χ1) is 10.7. The predicted octanol–water partition coefficient (Wildman–Crippen LogP) is 1.44. The molecular weight excluding hydrogens is 288 g/mol. The smallest absolute Gasteiger partial charge is 0.190 e. The topological polar surface area (TPSA) is 66.4 Å². The Bertz CT molecular complexity index is 442. The van der Waals surface area contributed by atoms with E-state index in [4.69, 9.17) is 23.7 Å². The first-order valence-corrected chi connectivity index (χ1v) is 8.70. The number of ether oxygens (including phenoxy) is 5. The van der Waals surface area contributed by atoms with Gasteiger partial charge in [0.05, 0.1) is 6.61 Å². The molecule has 5 aliphatic rings. The highest BCUT2D eigenvalue weighted by molar-refractivity contribution is 5.00. The average Bonchev–Trinajstić information content (AvgIpc) is 3.29. The summed E-state index contributed by atoms with van der Waals surface area (Å²) in [5, 5.41) is 10.6. The third-order valence-corrected chi connectivity index (χ3v) is 5.89. The van der Waals surface area contributed by atoms with Crippen molar-refractivity contribution in [2.75, 3.05) is 6.61 Å². The van der Waals surface area contributed by atoms with Crippen LogP contribution in [0.1, 0.15) is 51.4 Å². The van der Waals surface area contributed by atoms with Crippen molar-refractivity contribution in [3.63, 3.8) is 0 Å². The zero-order chi connectivity index (χ0) is 14.8. The van der Waals surface area contributed by atoms with Gasteiger partial charge >= 0.3 is 0 Å². The van der Waals surface area contributed by atoms with Gasteiger partial charge in [-0.15, -0.1) is 0 Å². The summed E-state index contributed by atoms with van der Waals surface area (Å²) in [6, 6.07) is 0. The van der Waals surface area contributed by atoms with Gasteiger partial charge < -0.3 is 28.8 Å². The lowest BCUT2D eigenvalue weighted by Crippen LogP contribution is -2.43. The average molecular weight is 312 g/mol. The second-order valence-corrected chi connectivity index (χ2v) is 7.36. The quantitative estimate of drug-likeness (QED) is 0.790. The minimum atomic E-state index is -0.713. The van der Waals surface area contributed by atoms with Crippen molar-refractivity contribution < 1.29 is 28.8 Å². The maximum atomic E-state index is 10.6. The van der Waals surface area contributed by atoms with Crippen LogP contribution in [0.25, 0.3) is 0 Å². The zero-order valence-electron chi connectivity index (χ0n) is 12.7. The lowest BCUT2D eigenvalue weighted by molar-refractivity contribution is -0.245. The summed E-state index contributed by atoms with van der Waals surface area (Å²) in [5.41, 5.74) is 0. The molecular formula is C16H24O6. The van der Waals surface area contributed by atoms with Crippen LogP contribution in [0.3, 0.4) is 0 Å². The molecule has 2 saturated carbocycles. The molecule has 124 valence electrons. The van der Waals surface area contributed by atoms with Crippen LogP contribution >= 0.6 is 0 Å². The van der Waals surface area contributed by atoms with E-state index in [1.54, 1.807) is 0 Å². The predicted molar refractivity (Wildman–Crippen MR) is 73.8 cm³/mol. The summed E-state index contributed by atoms with van der Waals surface area (Å²) in [4.78, 5) is 0. The van der Waals surface area contributed by atoms with Crippen LogP contribution in [0, 0.1) is 0 Å². The summed E-state index contributed by atoms with van der Waals surface area (Å²) in [5.74, 6) is -0.944. The molecule has 0 amide bonds. The Labute approximate surface area is 130 Å². The molecule has 2 aliphatic carbocycles. The van der Waals surface area contributed by atoms with Gasteiger partial charge in [-0.1, -0.05) is 0 Å². The maximum absolute atomic E-state index is 10.6. The van der Waals surface area contributed by atoms with Crippen molar-refractivity contribution in [2.45, 2.75) is 93.6 Å². The third kappa shape index (κ3) is 2.01. The fourth-order valence-corrected chi connectivity index (χ4v) is 4.74. The summed E-state index contributed by atoms with van der Waals surface area (Å²) in [6.45, 7) is 0.478. The molecule has 0 aromatic heterocycles. The molecule has 1 N–H and O–H groups in total. The van der Waals surface area contributed by atoms with Gasteiger partial charge in [-0.3, -0.25) is 0 Å². The first kappa shape index (κ1) is 14.1. The van der Waals surface area contributed by atoms with E-state index >= 15 is 0 Å². The summed E-state index contributed by atoms with van der Waals surface area (Å²) < 4.78 is 30.1. The van der Waals surface area contributed by atoms with Gasteiger partial charge in [-0.05, 0) is 25.7 Å². The Morgan fingerprint density at radius 1 is 0.773 bits per heavy atom. The van der Waals surface area contributed by atoms with Gasteiger partial charge in [-0.2, -0.15) is 0 Å². The SMILES string of the molecule is O[C@@H]1[C@H]2OC3(CCCC3)O[C@H]2O[C@@H]1[C@H]1COC2(CCCC2)O1. The highest BCUT2D eigenvalue weighted by atomic mass is 16.8. The molecule has 3 aliphatic heterocycles. The van der Waals surface area contributed by atoms with Gasteiger partial charge in [0.25, 0.3) is 0 Å². The lowest BCUT2D eigenvalue weighted by Gasteiger charge is -2.28. The van der Waals surface area contributed by atoms with Crippen molar-refractivity contribution in [3.8, 4) is 0 Å². The van der Waals surface area contributed by atoms with Gasteiger partial charge in [0.15, 0.2) is 17.9 Å². The molecule has 0 unspecified atom stereocenters. The van der Waals surface area contributed by atoms with E-state index < -0.39 is 36.2 Å². The normalized spacial score (nSPS) is 48.7. The van der Waals surface area contributed by atoms with Gasteiger partial charge in [0.1, 0.15) is 24.4 Å². The van der Waals surface area contributed by atoms with Crippen LogP contribution in [0.15, 0.2) is 0 Å². The Morgan fingerprint density at radius 2 is 1.45 bits per heavy atom. The van der Waals surface area contributed by atoms with Crippen molar-refractivity contribution >= 4 is 0 Å². The fourth-order valence-electron chi connectivity index (χ4n) is 4.74. The second-order valence-electron chi connectivity index (χ2n) is 7.36. The Morgan fingerprint density at radius 3 is 2.14 bits per heavy atom. The number of fused-ring (bicyclic) bond motifs is 1. The van der Waals surface area contributed by atoms with E-state index in [-0.39, 0.29) is 6.10 Å². The fraction of sp³-hybridized carbons (Fsp3) is 1.00. The van der Waals surface area contributed by atoms with E-state index in [1.807, 2.05) is 0 Å². The molecule has 5 fully saturated rings. The molecule has 0 bridgehead atoms. The van der Waals surface area contributed by atoms with Crippen LogP contribution in [0.4, 0.5) is 0 Å². The van der Waals surface area contributed by atoms with Gasteiger partial charge in [0, 0.05) is 25.7 Å². The number of rotatable bonds is 1. The molecule has 0 aromatic carbocycles. The highest BCUT2D eigenvalue weighted by Crippen LogP contribution is 2.48. The molecule has 22 heavy (non-hydrogen) atoms. The standard InChI is InChI=1S/C16H24O6/c17-11-12(10-9-18-15(20-10)5-1-2-6-15)19-14-13(11)21-16(22-14)7-3-4-8-16/h10-14,17H,1-9H2/t10-,11+,12-,13-,14-/m1/s1. The molecule has 6 nitrogen and oxygen atoms in total. The van der Waals surface area contributed by atoms with Crippen LogP contribution in [-0.2, 0) is 23.7 Å². The largest absolute Gasteiger partial charge is 0.387 e.